The smallest absolute Gasteiger partial charge is 0.0235 e. The van der Waals surface area contributed by atoms with Crippen molar-refractivity contribution in [2.75, 3.05) is 26.2 Å². The van der Waals surface area contributed by atoms with Crippen LogP contribution in [0, 0.1) is 18.3 Å². The molecule has 2 nitrogen and oxygen atoms in total. The fraction of sp³-hybridized carbons (Fsp3) is 0.833. The molecule has 0 bridgehead atoms. The normalized spacial score (nSPS) is 32.5. The molecule has 78 valence electrons. The summed E-state index contributed by atoms with van der Waals surface area (Å²) < 4.78 is 0. The molecule has 0 radical (unpaired) electrons. The fourth-order valence-electron chi connectivity index (χ4n) is 2.72. The Balaban J connectivity index is 1.73. The highest BCUT2D eigenvalue weighted by atomic mass is 15.2. The molecule has 0 spiro atoms. The minimum atomic E-state index is 0.773. The zero-order valence-corrected chi connectivity index (χ0v) is 8.84. The average molecular weight is 192 g/mol. The molecule has 2 aliphatic rings. The number of likely N-dealkylation sites (tertiary alicyclic amines) is 1. The van der Waals surface area contributed by atoms with E-state index >= 15 is 0 Å². The molecule has 0 aromatic heterocycles. The molecule has 2 rings (SSSR count). The van der Waals surface area contributed by atoms with Gasteiger partial charge in [0.2, 0.25) is 0 Å². The molecule has 2 heterocycles. The van der Waals surface area contributed by atoms with Gasteiger partial charge in [0.1, 0.15) is 0 Å². The third-order valence-corrected chi connectivity index (χ3v) is 3.47. The van der Waals surface area contributed by atoms with Crippen molar-refractivity contribution in [1.82, 2.24) is 10.2 Å². The van der Waals surface area contributed by atoms with Crippen molar-refractivity contribution < 1.29 is 0 Å². The molecule has 0 aromatic carbocycles. The highest BCUT2D eigenvalue weighted by molar-refractivity contribution is 4.92. The summed E-state index contributed by atoms with van der Waals surface area (Å²) in [5.74, 6) is 3.62. The van der Waals surface area contributed by atoms with E-state index in [0.29, 0.717) is 0 Å². The molecular weight excluding hydrogens is 172 g/mol. The highest BCUT2D eigenvalue weighted by Crippen LogP contribution is 2.24. The maximum atomic E-state index is 5.25. The average Bonchev–Trinajstić information content (AvgIpc) is 2.60. The van der Waals surface area contributed by atoms with Crippen LogP contribution < -0.4 is 5.32 Å². The Hall–Kier alpha value is -0.520. The van der Waals surface area contributed by atoms with Gasteiger partial charge in [-0.2, -0.15) is 0 Å². The Morgan fingerprint density at radius 1 is 1.43 bits per heavy atom. The quantitative estimate of drug-likeness (QED) is 0.532. The molecule has 0 saturated carbocycles. The second-order valence-corrected chi connectivity index (χ2v) is 4.53. The van der Waals surface area contributed by atoms with Crippen LogP contribution >= 0.6 is 0 Å². The number of fused-ring (bicyclic) bond motifs is 1. The lowest BCUT2D eigenvalue weighted by molar-refractivity contribution is 0.317. The van der Waals surface area contributed by atoms with Gasteiger partial charge < -0.3 is 10.2 Å². The minimum Gasteiger partial charge on any atom is -0.312 e. The first-order valence-electron chi connectivity index (χ1n) is 5.79. The molecule has 0 unspecified atom stereocenters. The molecule has 2 saturated heterocycles. The van der Waals surface area contributed by atoms with E-state index in [4.69, 9.17) is 6.42 Å². The van der Waals surface area contributed by atoms with Crippen molar-refractivity contribution in [3.63, 3.8) is 0 Å². The van der Waals surface area contributed by atoms with Crippen LogP contribution in [0.1, 0.15) is 25.7 Å². The maximum Gasteiger partial charge on any atom is 0.0235 e. The number of nitrogens with one attached hydrogen (secondary N) is 1. The first-order valence-corrected chi connectivity index (χ1v) is 5.79. The SMILES string of the molecule is C#CCCCN1C[C@@H]2CCCN[C@@H]2C1. The van der Waals surface area contributed by atoms with Crippen LogP contribution in [-0.4, -0.2) is 37.1 Å². The van der Waals surface area contributed by atoms with Gasteiger partial charge in [-0.1, -0.05) is 0 Å². The summed E-state index contributed by atoms with van der Waals surface area (Å²) >= 11 is 0. The Labute approximate surface area is 87.1 Å². The van der Waals surface area contributed by atoms with Crippen molar-refractivity contribution in [3.05, 3.63) is 0 Å². The van der Waals surface area contributed by atoms with Gasteiger partial charge in [0.15, 0.2) is 0 Å². The van der Waals surface area contributed by atoms with Crippen molar-refractivity contribution in [3.8, 4) is 12.3 Å². The lowest BCUT2D eigenvalue weighted by Gasteiger charge is -2.24. The molecule has 1 N–H and O–H groups in total. The molecule has 14 heavy (non-hydrogen) atoms. The van der Waals surface area contributed by atoms with E-state index in [1.807, 2.05) is 0 Å². The molecule has 2 fully saturated rings. The van der Waals surface area contributed by atoms with E-state index < -0.39 is 0 Å². The Bertz CT molecular complexity index is 205. The van der Waals surface area contributed by atoms with E-state index in [9.17, 15) is 0 Å². The number of rotatable bonds is 3. The number of hydrogen-bond acceptors (Lipinski definition) is 2. The zero-order chi connectivity index (χ0) is 9.80. The molecule has 2 aliphatic heterocycles. The number of unbranched alkanes of at least 4 members (excludes halogenated alkanes) is 1. The van der Waals surface area contributed by atoms with Gasteiger partial charge in [-0.15, -0.1) is 12.3 Å². The third-order valence-electron chi connectivity index (χ3n) is 3.47. The lowest BCUT2D eigenvalue weighted by Crippen LogP contribution is -2.40. The minimum absolute atomic E-state index is 0.773. The predicted octanol–water partition coefficient (Wildman–Crippen LogP) is 1.08. The van der Waals surface area contributed by atoms with Gasteiger partial charge in [0.05, 0.1) is 0 Å². The van der Waals surface area contributed by atoms with E-state index in [0.717, 1.165) is 24.8 Å². The van der Waals surface area contributed by atoms with E-state index in [-0.39, 0.29) is 0 Å². The summed E-state index contributed by atoms with van der Waals surface area (Å²) in [5.41, 5.74) is 0. The largest absolute Gasteiger partial charge is 0.312 e. The van der Waals surface area contributed by atoms with Gasteiger partial charge in [-0.05, 0) is 38.3 Å². The van der Waals surface area contributed by atoms with Gasteiger partial charge in [-0.3, -0.25) is 0 Å². The summed E-state index contributed by atoms with van der Waals surface area (Å²) in [7, 11) is 0. The van der Waals surface area contributed by atoms with Crippen molar-refractivity contribution in [1.29, 1.82) is 0 Å². The van der Waals surface area contributed by atoms with Crippen molar-refractivity contribution >= 4 is 0 Å². The molecule has 2 atom stereocenters. The molecule has 0 aliphatic carbocycles. The van der Waals surface area contributed by atoms with Crippen molar-refractivity contribution in [2.45, 2.75) is 31.7 Å². The molecule has 0 amide bonds. The fourth-order valence-corrected chi connectivity index (χ4v) is 2.72. The van der Waals surface area contributed by atoms with Gasteiger partial charge in [0.25, 0.3) is 0 Å². The zero-order valence-electron chi connectivity index (χ0n) is 8.84. The second kappa shape index (κ2) is 4.82. The predicted molar refractivity (Wildman–Crippen MR) is 59.0 cm³/mol. The van der Waals surface area contributed by atoms with E-state index in [1.54, 1.807) is 0 Å². The Kier molecular flexibility index (Phi) is 3.44. The molecular formula is C12H20N2. The first-order chi connectivity index (χ1) is 6.90. The van der Waals surface area contributed by atoms with Crippen LogP contribution in [0.5, 0.6) is 0 Å². The van der Waals surface area contributed by atoms with Crippen LogP contribution in [0.25, 0.3) is 0 Å². The maximum absolute atomic E-state index is 5.25. The summed E-state index contributed by atoms with van der Waals surface area (Å²) in [6.07, 6.45) is 10.1. The highest BCUT2D eigenvalue weighted by Gasteiger charge is 2.33. The topological polar surface area (TPSA) is 15.3 Å². The Morgan fingerprint density at radius 2 is 2.36 bits per heavy atom. The summed E-state index contributed by atoms with van der Waals surface area (Å²) in [4.78, 5) is 2.57. The monoisotopic (exact) mass is 192 g/mol. The summed E-state index contributed by atoms with van der Waals surface area (Å²) in [6, 6.07) is 0.773. The van der Waals surface area contributed by atoms with Crippen LogP contribution in [0.3, 0.4) is 0 Å². The second-order valence-electron chi connectivity index (χ2n) is 4.53. The standard InChI is InChI=1S/C12H20N2/c1-2-3-4-8-14-9-11-6-5-7-13-12(11)10-14/h1,11-13H,3-10H2/t11-,12+/m0/s1. The summed E-state index contributed by atoms with van der Waals surface area (Å²) in [6.45, 7) is 4.95. The van der Waals surface area contributed by atoms with Crippen LogP contribution in [-0.2, 0) is 0 Å². The van der Waals surface area contributed by atoms with Crippen LogP contribution in [0.15, 0.2) is 0 Å². The lowest BCUT2D eigenvalue weighted by atomic mass is 9.94. The van der Waals surface area contributed by atoms with Crippen molar-refractivity contribution in [2.24, 2.45) is 5.92 Å². The Morgan fingerprint density at radius 3 is 3.14 bits per heavy atom. The van der Waals surface area contributed by atoms with Gasteiger partial charge in [0, 0.05) is 25.6 Å². The van der Waals surface area contributed by atoms with Crippen LogP contribution in [0.4, 0.5) is 0 Å². The number of terminal acetylenes is 1. The summed E-state index contributed by atoms with van der Waals surface area (Å²) in [5, 5.41) is 3.62. The number of hydrogen-bond donors (Lipinski definition) is 1. The van der Waals surface area contributed by atoms with Gasteiger partial charge in [-0.25, -0.2) is 0 Å². The molecule has 0 aromatic rings. The number of nitrogens with zero attached hydrogens (tertiary/aromatic N) is 1. The first kappa shape index (κ1) is 10.0. The third kappa shape index (κ3) is 2.29. The van der Waals surface area contributed by atoms with Crippen LogP contribution in [0.2, 0.25) is 0 Å². The van der Waals surface area contributed by atoms with Gasteiger partial charge >= 0.3 is 0 Å². The number of piperidine rings is 1. The molecule has 2 heteroatoms. The van der Waals surface area contributed by atoms with E-state index in [1.165, 1.54) is 39.0 Å². The van der Waals surface area contributed by atoms with E-state index in [2.05, 4.69) is 16.1 Å².